The van der Waals surface area contributed by atoms with Crippen molar-refractivity contribution in [2.75, 3.05) is 19.4 Å². The molecule has 110 valence electrons. The third-order valence-corrected chi connectivity index (χ3v) is 6.27. The Kier molecular flexibility index (Phi) is 3.69. The lowest BCUT2D eigenvalue weighted by Gasteiger charge is -2.21. The van der Waals surface area contributed by atoms with E-state index in [9.17, 15) is 17.6 Å². The van der Waals surface area contributed by atoms with Gasteiger partial charge in [-0.1, -0.05) is 0 Å². The molecule has 2 rings (SSSR count). The van der Waals surface area contributed by atoms with Crippen molar-refractivity contribution < 1.29 is 22.3 Å². The highest BCUT2D eigenvalue weighted by atomic mass is 32.3. The maximum atomic E-state index is 13.0. The van der Waals surface area contributed by atoms with E-state index < -0.39 is 31.7 Å². The van der Waals surface area contributed by atoms with Crippen LogP contribution in [0.3, 0.4) is 0 Å². The standard InChI is InChI=1S/C10H12FN3O4S2/c1-19(16,17)13-20(12,14-6-7-18-10(14)15)9-4-2-8(11)3-5-9/h2-5,12H,6-7H2,1H3. The minimum Gasteiger partial charge on any atom is -0.447 e. The van der Waals surface area contributed by atoms with Crippen LogP contribution in [0.5, 0.6) is 0 Å². The number of halogens is 1. The van der Waals surface area contributed by atoms with Crippen molar-refractivity contribution in [2.24, 2.45) is 3.77 Å². The number of cyclic esters (lactones) is 1. The zero-order valence-corrected chi connectivity index (χ0v) is 12.1. The molecule has 0 spiro atoms. The number of nitrogens with one attached hydrogen (secondary N) is 1. The molecule has 1 aromatic rings. The van der Waals surface area contributed by atoms with Crippen LogP contribution in [0.1, 0.15) is 0 Å². The Morgan fingerprint density at radius 2 is 1.95 bits per heavy atom. The molecule has 1 N–H and O–H groups in total. The van der Waals surface area contributed by atoms with Crippen LogP contribution >= 0.6 is 0 Å². The molecule has 1 saturated heterocycles. The zero-order chi connectivity index (χ0) is 15.0. The molecule has 1 aliphatic rings. The van der Waals surface area contributed by atoms with Crippen LogP contribution in [0, 0.1) is 10.6 Å². The van der Waals surface area contributed by atoms with Gasteiger partial charge in [-0.2, -0.15) is 0 Å². The number of sulfonamides is 1. The number of amides is 1. The summed E-state index contributed by atoms with van der Waals surface area (Å²) in [5.74, 6) is -0.529. The van der Waals surface area contributed by atoms with Crippen molar-refractivity contribution in [1.82, 2.24) is 4.31 Å². The Hall–Kier alpha value is -1.68. The first-order valence-electron chi connectivity index (χ1n) is 5.44. The molecule has 0 aromatic heterocycles. The highest BCUT2D eigenvalue weighted by molar-refractivity contribution is 8.02. The van der Waals surface area contributed by atoms with Gasteiger partial charge in [-0.3, -0.25) is 0 Å². The summed E-state index contributed by atoms with van der Waals surface area (Å²) < 4.78 is 53.4. The van der Waals surface area contributed by atoms with Crippen molar-refractivity contribution >= 4 is 25.9 Å². The Labute approximate surface area is 116 Å². The van der Waals surface area contributed by atoms with Crippen LogP contribution in [0.2, 0.25) is 0 Å². The average molecular weight is 321 g/mol. The number of ether oxygens (including phenoxy) is 1. The van der Waals surface area contributed by atoms with Gasteiger partial charge in [0, 0.05) is 4.90 Å². The molecule has 1 aliphatic heterocycles. The predicted octanol–water partition coefficient (Wildman–Crippen LogP) is 1.61. The van der Waals surface area contributed by atoms with Gasteiger partial charge in [0.05, 0.1) is 22.6 Å². The van der Waals surface area contributed by atoms with Gasteiger partial charge >= 0.3 is 6.09 Å². The Bertz CT molecular complexity index is 751. The fourth-order valence-corrected chi connectivity index (χ4v) is 5.26. The van der Waals surface area contributed by atoms with E-state index in [1.54, 1.807) is 0 Å². The van der Waals surface area contributed by atoms with Crippen LogP contribution < -0.4 is 0 Å². The molecule has 1 fully saturated rings. The van der Waals surface area contributed by atoms with Gasteiger partial charge < -0.3 is 4.74 Å². The fraction of sp³-hybridized carbons (Fsp3) is 0.300. The third kappa shape index (κ3) is 2.90. The predicted molar refractivity (Wildman–Crippen MR) is 70.1 cm³/mol. The number of carbonyl (C=O) groups excluding carboxylic acids is 1. The monoisotopic (exact) mass is 321 g/mol. The first-order chi connectivity index (χ1) is 9.22. The number of hydrogen-bond acceptors (Lipinski definition) is 5. The summed E-state index contributed by atoms with van der Waals surface area (Å²) in [6.07, 6.45) is 0.0422. The van der Waals surface area contributed by atoms with Crippen molar-refractivity contribution in [2.45, 2.75) is 4.90 Å². The van der Waals surface area contributed by atoms with Gasteiger partial charge in [0.25, 0.3) is 10.0 Å². The summed E-state index contributed by atoms with van der Waals surface area (Å²) in [5, 5.41) is 0. The lowest BCUT2D eigenvalue weighted by Crippen LogP contribution is -2.31. The van der Waals surface area contributed by atoms with Crippen LogP contribution in [-0.2, 0) is 24.6 Å². The van der Waals surface area contributed by atoms with E-state index in [1.807, 2.05) is 0 Å². The van der Waals surface area contributed by atoms with Crippen LogP contribution in [0.15, 0.2) is 32.9 Å². The third-order valence-electron chi connectivity index (χ3n) is 2.43. The molecule has 7 nitrogen and oxygen atoms in total. The van der Waals surface area contributed by atoms with E-state index in [-0.39, 0.29) is 18.0 Å². The molecule has 0 radical (unpaired) electrons. The van der Waals surface area contributed by atoms with Crippen molar-refractivity contribution in [3.63, 3.8) is 0 Å². The van der Waals surface area contributed by atoms with E-state index in [0.717, 1.165) is 22.7 Å². The molecule has 0 saturated carbocycles. The molecular formula is C10H12FN3O4S2. The Balaban J connectivity index is 2.68. The van der Waals surface area contributed by atoms with Crippen molar-refractivity contribution in [3.05, 3.63) is 30.1 Å². The van der Waals surface area contributed by atoms with Gasteiger partial charge in [0.15, 0.2) is 0 Å². The van der Waals surface area contributed by atoms with Gasteiger partial charge in [-0.15, -0.1) is 3.77 Å². The van der Waals surface area contributed by atoms with Crippen molar-refractivity contribution in [3.8, 4) is 0 Å². The molecule has 0 bridgehead atoms. The molecule has 1 heterocycles. The summed E-state index contributed by atoms with van der Waals surface area (Å²) in [5.41, 5.74) is 0. The summed E-state index contributed by atoms with van der Waals surface area (Å²) >= 11 is 0. The number of hydrogen-bond donors (Lipinski definition) is 1. The number of rotatable bonds is 3. The largest absolute Gasteiger partial charge is 0.447 e. The quantitative estimate of drug-likeness (QED) is 0.914. The van der Waals surface area contributed by atoms with Gasteiger partial charge in [0.2, 0.25) is 0 Å². The van der Waals surface area contributed by atoms with Gasteiger partial charge in [-0.05, 0) is 24.3 Å². The highest BCUT2D eigenvalue weighted by Gasteiger charge is 2.31. The smallest absolute Gasteiger partial charge is 0.421 e. The molecule has 10 heteroatoms. The second-order valence-corrected chi connectivity index (χ2v) is 8.10. The lowest BCUT2D eigenvalue weighted by atomic mass is 10.4. The number of carbonyl (C=O) groups is 1. The Morgan fingerprint density at radius 1 is 1.35 bits per heavy atom. The summed E-state index contributed by atoms with van der Waals surface area (Å²) in [6.45, 7) is 0.126. The molecule has 1 aromatic carbocycles. The zero-order valence-electron chi connectivity index (χ0n) is 10.4. The maximum absolute atomic E-state index is 13.0. The number of benzene rings is 1. The summed E-state index contributed by atoms with van der Waals surface area (Å²) in [7, 11) is -7.11. The van der Waals surface area contributed by atoms with Gasteiger partial charge in [-0.25, -0.2) is 26.7 Å². The molecule has 20 heavy (non-hydrogen) atoms. The van der Waals surface area contributed by atoms with E-state index in [2.05, 4.69) is 3.77 Å². The molecule has 0 aliphatic carbocycles. The molecular weight excluding hydrogens is 309 g/mol. The first-order valence-corrected chi connectivity index (χ1v) is 8.84. The van der Waals surface area contributed by atoms with E-state index >= 15 is 0 Å². The second-order valence-electron chi connectivity index (χ2n) is 4.03. The van der Waals surface area contributed by atoms with Crippen LogP contribution in [0.25, 0.3) is 0 Å². The molecule has 1 atom stereocenters. The maximum Gasteiger partial charge on any atom is 0.421 e. The first kappa shape index (κ1) is 14.7. The van der Waals surface area contributed by atoms with E-state index in [4.69, 9.17) is 9.52 Å². The normalized spacial score (nSPS) is 18.5. The fourth-order valence-electron chi connectivity index (χ4n) is 1.65. The van der Waals surface area contributed by atoms with E-state index in [0.29, 0.717) is 0 Å². The Morgan fingerprint density at radius 3 is 2.40 bits per heavy atom. The van der Waals surface area contributed by atoms with E-state index in [1.165, 1.54) is 12.1 Å². The van der Waals surface area contributed by atoms with Gasteiger partial charge in [0.1, 0.15) is 12.4 Å². The minimum atomic E-state index is -3.87. The average Bonchev–Trinajstić information content (AvgIpc) is 2.74. The number of nitrogens with zero attached hydrogens (tertiary/aromatic N) is 2. The van der Waals surface area contributed by atoms with Crippen LogP contribution in [-0.4, -0.2) is 38.2 Å². The topological polar surface area (TPSA) is 99.9 Å². The van der Waals surface area contributed by atoms with Crippen molar-refractivity contribution in [1.29, 1.82) is 4.78 Å². The lowest BCUT2D eigenvalue weighted by molar-refractivity contribution is 0.170. The second kappa shape index (κ2) is 5.02. The molecule has 1 unspecified atom stereocenters. The minimum absolute atomic E-state index is 0.0624. The molecule has 1 amide bonds. The van der Waals surface area contributed by atoms with Crippen LogP contribution in [0.4, 0.5) is 9.18 Å². The SMILES string of the molecule is CS(=O)(=O)N=S(=N)(c1ccc(F)cc1)N1CCOC1=O. The summed E-state index contributed by atoms with van der Waals surface area (Å²) in [4.78, 5) is 11.8. The summed E-state index contributed by atoms with van der Waals surface area (Å²) in [6, 6.07) is 4.67. The highest BCUT2D eigenvalue weighted by Crippen LogP contribution is 2.24.